The minimum absolute atomic E-state index is 0.0494. The van der Waals surface area contributed by atoms with Gasteiger partial charge in [-0.3, -0.25) is 0 Å². The van der Waals surface area contributed by atoms with E-state index in [2.05, 4.69) is 15.4 Å². The number of hydrogen-bond donors (Lipinski definition) is 1. The third-order valence-electron chi connectivity index (χ3n) is 5.97. The average Bonchev–Trinajstić information content (AvgIpc) is 3.20. The van der Waals surface area contributed by atoms with Crippen LogP contribution >= 0.6 is 23.2 Å². The lowest BCUT2D eigenvalue weighted by atomic mass is 10.0. The number of aromatic nitrogens is 3. The largest absolute Gasteiger partial charge is 0.367 e. The fourth-order valence-corrected chi connectivity index (χ4v) is 6.07. The van der Waals surface area contributed by atoms with E-state index in [0.29, 0.717) is 40.5 Å². The molecule has 4 aromatic rings. The Morgan fingerprint density at radius 1 is 1.09 bits per heavy atom. The predicted octanol–water partition coefficient (Wildman–Crippen LogP) is 3.90. The van der Waals surface area contributed by atoms with Crippen LogP contribution in [0.5, 0.6) is 0 Å². The van der Waals surface area contributed by atoms with Gasteiger partial charge in [-0.25, -0.2) is 17.8 Å². The summed E-state index contributed by atoms with van der Waals surface area (Å²) in [6.07, 6.45) is 2.55. The molecule has 35 heavy (non-hydrogen) atoms. The van der Waals surface area contributed by atoms with E-state index in [1.54, 1.807) is 10.6 Å². The number of anilines is 1. The molecule has 1 saturated heterocycles. The highest BCUT2D eigenvalue weighted by Gasteiger charge is 2.31. The number of halogens is 3. The van der Waals surface area contributed by atoms with Crippen LogP contribution in [0.15, 0.2) is 59.6 Å². The molecule has 3 heterocycles. The smallest absolute Gasteiger partial charge is 0.245 e. The van der Waals surface area contributed by atoms with Gasteiger partial charge in [-0.1, -0.05) is 41.4 Å². The van der Waals surface area contributed by atoms with Gasteiger partial charge in [0.05, 0.1) is 5.69 Å². The summed E-state index contributed by atoms with van der Waals surface area (Å²) in [4.78, 5) is 4.26. The maximum atomic E-state index is 14.3. The quantitative estimate of drug-likeness (QED) is 0.397. The highest BCUT2D eigenvalue weighted by atomic mass is 35.5. The second-order valence-electron chi connectivity index (χ2n) is 8.24. The van der Waals surface area contributed by atoms with E-state index in [0.717, 1.165) is 11.6 Å². The van der Waals surface area contributed by atoms with Crippen molar-refractivity contribution in [3.05, 3.63) is 70.6 Å². The molecule has 0 bridgehead atoms. The van der Waals surface area contributed by atoms with Gasteiger partial charge < -0.3 is 5.32 Å². The van der Waals surface area contributed by atoms with Crippen LogP contribution in [0.4, 0.5) is 10.2 Å². The Labute approximate surface area is 213 Å². The number of hydrogen-bond acceptors (Lipinski definition) is 5. The molecule has 178 valence electrons. The summed E-state index contributed by atoms with van der Waals surface area (Å²) in [6.45, 7) is 0.462. The summed E-state index contributed by atoms with van der Waals surface area (Å²) in [5.74, 6) is -0.202. The number of nitrogens with zero attached hydrogens (tertiary/aromatic N) is 4. The van der Waals surface area contributed by atoms with E-state index in [9.17, 15) is 12.8 Å². The molecule has 0 atom stereocenters. The summed E-state index contributed by atoms with van der Waals surface area (Å²) in [7, 11) is 2.12. The van der Waals surface area contributed by atoms with Crippen LogP contribution in [-0.2, 0) is 10.0 Å². The molecule has 1 fully saturated rings. The molecule has 12 heteroatoms. The van der Waals surface area contributed by atoms with E-state index < -0.39 is 15.8 Å². The number of piperidine rings is 1. The third-order valence-corrected chi connectivity index (χ3v) is 8.46. The molecule has 0 saturated carbocycles. The molecule has 1 N–H and O–H groups in total. The van der Waals surface area contributed by atoms with Crippen molar-refractivity contribution in [3.8, 4) is 11.3 Å². The summed E-state index contributed by atoms with van der Waals surface area (Å²) in [5, 5.41) is 8.47. The van der Waals surface area contributed by atoms with Gasteiger partial charge in [0, 0.05) is 47.0 Å². The maximum Gasteiger partial charge on any atom is 0.245 e. The van der Waals surface area contributed by atoms with Crippen LogP contribution in [-0.4, -0.2) is 54.3 Å². The monoisotopic (exact) mass is 529 g/mol. The first-order valence-corrected chi connectivity index (χ1v) is 13.0. The highest BCUT2D eigenvalue weighted by molar-refractivity contribution is 7.89. The van der Waals surface area contributed by atoms with Crippen LogP contribution in [0, 0.1) is 5.82 Å². The number of fused-ring (bicyclic) bond motifs is 1. The lowest BCUT2D eigenvalue weighted by Gasteiger charge is -2.32. The Morgan fingerprint density at radius 3 is 2.54 bits per heavy atom. The fourth-order valence-electron chi connectivity index (χ4n) is 4.16. The van der Waals surface area contributed by atoms with Gasteiger partial charge in [0.2, 0.25) is 10.0 Å². The van der Waals surface area contributed by atoms with E-state index in [1.165, 1.54) is 22.6 Å². The molecular formula is C23H19BCl2FN5O2S. The molecule has 5 rings (SSSR count). The Bertz CT molecular complexity index is 1520. The van der Waals surface area contributed by atoms with Crippen molar-refractivity contribution < 1.29 is 12.8 Å². The van der Waals surface area contributed by atoms with E-state index in [-0.39, 0.29) is 29.0 Å². The number of nitrogens with one attached hydrogen (secondary N) is 1. The minimum atomic E-state index is -3.97. The minimum Gasteiger partial charge on any atom is -0.367 e. The average molecular weight is 530 g/mol. The van der Waals surface area contributed by atoms with Gasteiger partial charge in [0.1, 0.15) is 24.4 Å². The Kier molecular flexibility index (Phi) is 6.48. The summed E-state index contributed by atoms with van der Waals surface area (Å²) in [5.41, 5.74) is 2.30. The first kappa shape index (κ1) is 24.1. The van der Waals surface area contributed by atoms with Crippen molar-refractivity contribution in [3.63, 3.8) is 0 Å². The summed E-state index contributed by atoms with van der Waals surface area (Å²) >= 11 is 12.2. The van der Waals surface area contributed by atoms with Crippen molar-refractivity contribution in [1.82, 2.24) is 18.9 Å². The number of sulfonamides is 1. The molecule has 0 spiro atoms. The van der Waals surface area contributed by atoms with Crippen molar-refractivity contribution in [2.75, 3.05) is 18.4 Å². The van der Waals surface area contributed by atoms with Gasteiger partial charge >= 0.3 is 0 Å². The zero-order valence-corrected chi connectivity index (χ0v) is 20.7. The molecule has 2 aromatic heterocycles. The SMILES string of the molecule is [B]c1cnn2c(NC3CCN(S(=O)(=O)c4ccc(Cl)cc4F)CC3)cc(-c3ccccc3Cl)nc12. The molecule has 0 aliphatic carbocycles. The Balaban J connectivity index is 1.38. The molecule has 1 aliphatic rings. The van der Waals surface area contributed by atoms with Crippen LogP contribution in [0.3, 0.4) is 0 Å². The van der Waals surface area contributed by atoms with Crippen LogP contribution in [0.2, 0.25) is 10.0 Å². The molecule has 0 amide bonds. The van der Waals surface area contributed by atoms with Crippen LogP contribution in [0.1, 0.15) is 12.8 Å². The van der Waals surface area contributed by atoms with E-state index >= 15 is 0 Å². The molecule has 1 aliphatic heterocycles. The Morgan fingerprint density at radius 2 is 1.83 bits per heavy atom. The number of benzene rings is 2. The first-order valence-electron chi connectivity index (χ1n) is 10.8. The van der Waals surface area contributed by atoms with Gasteiger partial charge in [0.15, 0.2) is 5.65 Å². The van der Waals surface area contributed by atoms with Crippen LogP contribution < -0.4 is 10.8 Å². The van der Waals surface area contributed by atoms with Crippen molar-refractivity contribution in [2.24, 2.45) is 0 Å². The molecule has 2 aromatic carbocycles. The molecule has 0 unspecified atom stereocenters. The third kappa shape index (κ3) is 4.63. The van der Waals surface area contributed by atoms with Gasteiger partial charge in [-0.2, -0.15) is 13.9 Å². The van der Waals surface area contributed by atoms with E-state index in [1.807, 2.05) is 24.3 Å². The highest BCUT2D eigenvalue weighted by Crippen LogP contribution is 2.30. The standard InChI is InChI=1S/C23H19BCl2FN5O2S/c24-17-13-28-32-22(12-20(30-23(17)32)16-3-1-2-4-18(16)26)29-15-7-9-31(10-8-15)35(33,34)21-6-5-14(25)11-19(21)27/h1-6,11-13,15,29H,7-10H2. The molecule has 2 radical (unpaired) electrons. The van der Waals surface area contributed by atoms with Gasteiger partial charge in [0.25, 0.3) is 0 Å². The zero-order valence-electron chi connectivity index (χ0n) is 18.3. The second-order valence-corrected chi connectivity index (χ2v) is 11.0. The topological polar surface area (TPSA) is 79.6 Å². The lowest BCUT2D eigenvalue weighted by Crippen LogP contribution is -2.42. The lowest BCUT2D eigenvalue weighted by molar-refractivity contribution is 0.328. The normalized spacial score (nSPS) is 15.5. The zero-order chi connectivity index (χ0) is 24.7. The van der Waals surface area contributed by atoms with Gasteiger partial charge in [-0.05, 0) is 42.6 Å². The number of rotatable bonds is 5. The van der Waals surface area contributed by atoms with Crippen LogP contribution in [0.25, 0.3) is 16.9 Å². The summed E-state index contributed by atoms with van der Waals surface area (Å²) in [6, 6.07) is 12.7. The van der Waals surface area contributed by atoms with E-state index in [4.69, 9.17) is 31.0 Å². The van der Waals surface area contributed by atoms with Crippen molar-refractivity contribution in [2.45, 2.75) is 23.8 Å². The maximum absolute atomic E-state index is 14.3. The second kappa shape index (κ2) is 9.42. The van der Waals surface area contributed by atoms with Gasteiger partial charge in [-0.15, -0.1) is 0 Å². The first-order chi connectivity index (χ1) is 16.7. The predicted molar refractivity (Wildman–Crippen MR) is 136 cm³/mol. The van der Waals surface area contributed by atoms with Crippen molar-refractivity contribution >= 4 is 58.0 Å². The fraction of sp³-hybridized carbons (Fsp3) is 0.217. The summed E-state index contributed by atoms with van der Waals surface area (Å²) < 4.78 is 43.1. The van der Waals surface area contributed by atoms with Crippen molar-refractivity contribution in [1.29, 1.82) is 0 Å². The molecule has 7 nitrogen and oxygen atoms in total. The Hall–Kier alpha value is -2.66. The molecular weight excluding hydrogens is 511 g/mol.